The molecule has 0 aliphatic carbocycles. The molecule has 0 bridgehead atoms. The quantitative estimate of drug-likeness (QED) is 0.0680. The van der Waals surface area contributed by atoms with Gasteiger partial charge in [-0.15, -0.1) is 6.42 Å². The summed E-state index contributed by atoms with van der Waals surface area (Å²) in [7, 11) is 0. The first kappa shape index (κ1) is 37.9. The van der Waals surface area contributed by atoms with Crippen LogP contribution >= 0.6 is 0 Å². The van der Waals surface area contributed by atoms with Gasteiger partial charge in [-0.2, -0.15) is 0 Å². The summed E-state index contributed by atoms with van der Waals surface area (Å²) < 4.78 is 9.77. The first-order valence-corrected chi connectivity index (χ1v) is 13.2. The van der Waals surface area contributed by atoms with Crippen LogP contribution in [0.3, 0.4) is 0 Å². The van der Waals surface area contributed by atoms with Gasteiger partial charge >= 0.3 is 5.97 Å². The van der Waals surface area contributed by atoms with Crippen LogP contribution in [0.1, 0.15) is 103 Å². The fourth-order valence-electron chi connectivity index (χ4n) is 2.78. The van der Waals surface area contributed by atoms with E-state index in [1.165, 1.54) is 51.9 Å². The van der Waals surface area contributed by atoms with Crippen molar-refractivity contribution in [1.82, 2.24) is 5.32 Å². The highest BCUT2D eigenvalue weighted by atomic mass is 16.6. The number of carbonyl (C=O) groups excluding carboxylic acids is 2. The molecule has 0 rings (SSSR count). The van der Waals surface area contributed by atoms with Gasteiger partial charge in [0.2, 0.25) is 5.91 Å². The van der Waals surface area contributed by atoms with E-state index in [0.717, 1.165) is 19.3 Å². The summed E-state index contributed by atoms with van der Waals surface area (Å²) in [6, 6.07) is 2.33. The van der Waals surface area contributed by atoms with E-state index in [1.807, 2.05) is 0 Å². The molecule has 1 amide bonds. The maximum atomic E-state index is 11.6. The Morgan fingerprint density at radius 3 is 1.70 bits per heavy atom. The maximum absolute atomic E-state index is 11.6. The first-order valence-electron chi connectivity index (χ1n) is 13.2. The van der Waals surface area contributed by atoms with Crippen molar-refractivity contribution in [3.8, 4) is 83.5 Å². The molecule has 3 N–H and O–H groups in total. The van der Waals surface area contributed by atoms with Crippen molar-refractivity contribution in [1.29, 1.82) is 0 Å². The second-order valence-corrected chi connectivity index (χ2v) is 8.05. The molecule has 0 spiro atoms. The van der Waals surface area contributed by atoms with Crippen LogP contribution in [0.4, 0.5) is 0 Å². The zero-order valence-corrected chi connectivity index (χ0v) is 23.6. The predicted molar refractivity (Wildman–Crippen MR) is 183 cm³/mol. The van der Waals surface area contributed by atoms with Gasteiger partial charge in [-0.05, 0) is 41.9 Å². The normalized spacial score (nSPS) is 8.88. The molecule has 0 saturated carbocycles. The van der Waals surface area contributed by atoms with E-state index in [4.69, 9.17) is 26.1 Å². The molecule has 7 heteroatoms. The van der Waals surface area contributed by atoms with Crippen LogP contribution < -0.4 is 5.32 Å². The lowest BCUT2D eigenvalue weighted by Gasteiger charge is -2.14. The van der Waals surface area contributed by atoms with E-state index < -0.39 is 12.9 Å². The number of unbranched alkanes of at least 4 members (excludes halogenated alkanes) is 9. The number of nitrogens with one attached hydrogen (secondary N) is 1. The SMILES string of the molecule is C#CC#CC#CC#CC#CC#CC#CNC(C)=O.CCCCCCCCCCCCC(=O)O[C@H](CO)COCO.[HH].[HH].[HH].[HH].[HH].[HH].[HH].[HH].[HH].[HH].[HH].[HH].[HH]. The molecule has 40 heavy (non-hydrogen) atoms. The first-order chi connectivity index (χ1) is 19.5. The van der Waals surface area contributed by atoms with Crippen molar-refractivity contribution >= 4 is 11.9 Å². The second-order valence-electron chi connectivity index (χ2n) is 8.05. The van der Waals surface area contributed by atoms with Crippen LogP contribution in [0, 0.1) is 83.5 Å². The third-order valence-electron chi connectivity index (χ3n) is 4.63. The third kappa shape index (κ3) is 33.7. The fraction of sp³-hybridized carbons (Fsp3) is 0.515. The number of terminal acetylenes is 1. The van der Waals surface area contributed by atoms with E-state index in [1.54, 1.807) is 0 Å². The Labute approximate surface area is 259 Å². The van der Waals surface area contributed by atoms with Crippen molar-refractivity contribution in [2.75, 3.05) is 20.0 Å². The topological polar surface area (TPSA) is 105 Å². The summed E-state index contributed by atoms with van der Waals surface area (Å²) in [6.07, 6.45) is 16.8. The smallest absolute Gasteiger partial charge is 0.306 e. The number of esters is 1. The highest BCUT2D eigenvalue weighted by Gasteiger charge is 2.13. The zero-order valence-electron chi connectivity index (χ0n) is 23.6. The Bertz CT molecular complexity index is 1170. The Kier molecular flexibility index (Phi) is 31.0. The lowest BCUT2D eigenvalue weighted by molar-refractivity contribution is -0.157. The van der Waals surface area contributed by atoms with Crippen LogP contribution in [0.25, 0.3) is 0 Å². The van der Waals surface area contributed by atoms with Gasteiger partial charge in [0.1, 0.15) is 12.9 Å². The zero-order chi connectivity index (χ0) is 29.9. The largest absolute Gasteiger partial charge is 0.457 e. The third-order valence-corrected chi connectivity index (χ3v) is 4.63. The minimum atomic E-state index is -0.678. The van der Waals surface area contributed by atoms with E-state index >= 15 is 0 Å². The molecule has 0 aromatic heterocycles. The number of aliphatic hydroxyl groups excluding tert-OH is 2. The fourth-order valence-corrected chi connectivity index (χ4v) is 2.78. The van der Waals surface area contributed by atoms with Crippen LogP contribution in [0.5, 0.6) is 0 Å². The molecule has 0 unspecified atom stereocenters. The molecule has 0 aromatic carbocycles. The Balaban J connectivity index is -0.0000000340. The van der Waals surface area contributed by atoms with Crippen molar-refractivity contribution in [3.63, 3.8) is 0 Å². The van der Waals surface area contributed by atoms with Gasteiger partial charge in [-0.3, -0.25) is 14.9 Å². The van der Waals surface area contributed by atoms with Crippen molar-refractivity contribution in [2.24, 2.45) is 0 Å². The monoisotopic (exact) mass is 571 g/mol. The van der Waals surface area contributed by atoms with Gasteiger partial charge in [0.05, 0.1) is 13.2 Å². The van der Waals surface area contributed by atoms with Gasteiger partial charge in [-0.1, -0.05) is 64.7 Å². The molecular weight excluding hydrogens is 506 g/mol. The van der Waals surface area contributed by atoms with Gasteiger partial charge in [0.25, 0.3) is 0 Å². The highest BCUT2D eigenvalue weighted by molar-refractivity contribution is 5.75. The molecular formula is C33H65NO6. The highest BCUT2D eigenvalue weighted by Crippen LogP contribution is 2.11. The average Bonchev–Trinajstić information content (AvgIpc) is 2.94. The summed E-state index contributed by atoms with van der Waals surface area (Å²) >= 11 is 0. The molecule has 0 heterocycles. The molecule has 1 atom stereocenters. The lowest BCUT2D eigenvalue weighted by atomic mass is 10.1. The number of aliphatic hydroxyl groups is 2. The van der Waals surface area contributed by atoms with Crippen LogP contribution in [-0.2, 0) is 19.1 Å². The molecule has 0 aliphatic rings. The molecule has 0 saturated heterocycles. The van der Waals surface area contributed by atoms with E-state index in [0.29, 0.717) is 6.42 Å². The lowest BCUT2D eigenvalue weighted by Crippen LogP contribution is -2.27. The number of rotatable bonds is 16. The summed E-state index contributed by atoms with van der Waals surface area (Å²) in [5.41, 5.74) is 0. The summed E-state index contributed by atoms with van der Waals surface area (Å²) in [5, 5.41) is 19.8. The summed E-state index contributed by atoms with van der Waals surface area (Å²) in [4.78, 5) is 22.0. The summed E-state index contributed by atoms with van der Waals surface area (Å²) in [6.45, 7) is 2.88. The number of hydrogen-bond donors (Lipinski definition) is 3. The number of hydrogen-bond acceptors (Lipinski definition) is 6. The van der Waals surface area contributed by atoms with E-state index in [-0.39, 0.29) is 43.6 Å². The van der Waals surface area contributed by atoms with Crippen molar-refractivity contribution in [3.05, 3.63) is 0 Å². The van der Waals surface area contributed by atoms with Crippen LogP contribution in [-0.4, -0.2) is 48.2 Å². The Morgan fingerprint density at radius 1 is 0.775 bits per heavy atom. The van der Waals surface area contributed by atoms with E-state index in [2.05, 4.69) is 89.3 Å². The maximum Gasteiger partial charge on any atom is 0.306 e. The molecule has 238 valence electrons. The average molecular weight is 572 g/mol. The van der Waals surface area contributed by atoms with Crippen LogP contribution in [0.2, 0.25) is 0 Å². The van der Waals surface area contributed by atoms with Gasteiger partial charge in [0.15, 0.2) is 0 Å². The standard InChI is InChI=1S/C17H34O5.C16H5NO.13H2/c1-2-3-4-5-6-7-8-9-10-11-12-17(20)22-16(13-18)14-21-15-19;1-3-4-5-6-7-8-9-10-11-12-13-14-15-17-16(2)18;;;;;;;;;;;;;/h16,18-19H,2-15H2,1H3;1H,2H3,(H,17,18);13*1H/t16-;;;;;;;;;;;;;;/m1............../s1. The molecule has 0 aliphatic heterocycles. The Hall–Kier alpha value is -4.26. The summed E-state index contributed by atoms with van der Waals surface area (Å²) in [5.74, 6) is 28.1. The Morgan fingerprint density at radius 2 is 1.25 bits per heavy atom. The molecule has 0 radical (unpaired) electrons. The van der Waals surface area contributed by atoms with Crippen LogP contribution in [0.15, 0.2) is 0 Å². The van der Waals surface area contributed by atoms with Gasteiger partial charge in [-0.25, -0.2) is 0 Å². The molecule has 0 fully saturated rings. The minimum Gasteiger partial charge on any atom is -0.457 e. The minimum absolute atomic E-state index is 0. The molecule has 0 aromatic rings. The van der Waals surface area contributed by atoms with Gasteiger partial charge in [0, 0.05) is 73.5 Å². The number of ether oxygens (including phenoxy) is 2. The molecule has 7 nitrogen and oxygen atoms in total. The number of carbonyl (C=O) groups is 2. The number of amides is 1. The second kappa shape index (κ2) is 32.8. The van der Waals surface area contributed by atoms with Crippen molar-refractivity contribution in [2.45, 2.75) is 90.6 Å². The van der Waals surface area contributed by atoms with Crippen molar-refractivity contribution < 1.29 is 47.8 Å². The predicted octanol–water partition coefficient (Wildman–Crippen LogP) is 6.10. The van der Waals surface area contributed by atoms with E-state index in [9.17, 15) is 9.59 Å². The van der Waals surface area contributed by atoms with Gasteiger partial charge < -0.3 is 19.7 Å².